The zero-order chi connectivity index (χ0) is 16.9. The molecule has 7 nitrogen and oxygen atoms in total. The van der Waals surface area contributed by atoms with E-state index in [0.717, 1.165) is 11.4 Å². The lowest BCUT2D eigenvalue weighted by Gasteiger charge is -2.07. The number of nitrogens with zero attached hydrogens (tertiary/aromatic N) is 4. The van der Waals surface area contributed by atoms with Crippen molar-refractivity contribution in [1.82, 2.24) is 19.9 Å². The van der Waals surface area contributed by atoms with Gasteiger partial charge in [-0.3, -0.25) is 4.68 Å². The third-order valence-electron chi connectivity index (χ3n) is 3.44. The molecule has 0 unspecified atom stereocenters. The third kappa shape index (κ3) is 3.93. The van der Waals surface area contributed by atoms with E-state index >= 15 is 0 Å². The molecule has 2 aromatic heterocycles. The van der Waals surface area contributed by atoms with E-state index in [-0.39, 0.29) is 6.04 Å². The van der Waals surface area contributed by atoms with Crippen LogP contribution in [0.3, 0.4) is 0 Å². The standard InChI is InChI=1S/C16H18ClN5O2/c1-11(18-14-7-8-22(20-14)9-10-23-2)16-19-15(21-24-16)12-3-5-13(17)6-4-12/h3-8,11H,9-10H2,1-2H3,(H,18,20)/t11-/m0/s1. The van der Waals surface area contributed by atoms with Gasteiger partial charge >= 0.3 is 0 Å². The molecular weight excluding hydrogens is 330 g/mol. The summed E-state index contributed by atoms with van der Waals surface area (Å²) in [5.74, 6) is 1.76. The van der Waals surface area contributed by atoms with E-state index in [2.05, 4.69) is 20.6 Å². The number of ether oxygens (including phenoxy) is 1. The normalized spacial score (nSPS) is 12.3. The first-order chi connectivity index (χ1) is 11.7. The number of hydrogen-bond donors (Lipinski definition) is 1. The minimum Gasteiger partial charge on any atom is -0.383 e. The first kappa shape index (κ1) is 16.5. The Kier molecular flexibility index (Phi) is 5.12. The summed E-state index contributed by atoms with van der Waals surface area (Å²) in [5, 5.41) is 12.3. The molecule has 0 aliphatic rings. The Morgan fingerprint density at radius 2 is 2.08 bits per heavy atom. The van der Waals surface area contributed by atoms with Crippen molar-refractivity contribution in [3.05, 3.63) is 47.4 Å². The van der Waals surface area contributed by atoms with Crippen LogP contribution in [0.2, 0.25) is 5.02 Å². The number of methoxy groups -OCH3 is 1. The molecule has 8 heteroatoms. The van der Waals surface area contributed by atoms with Crippen LogP contribution in [0, 0.1) is 0 Å². The van der Waals surface area contributed by atoms with Gasteiger partial charge in [-0.2, -0.15) is 10.1 Å². The maximum Gasteiger partial charge on any atom is 0.249 e. The van der Waals surface area contributed by atoms with Crippen LogP contribution in [0.1, 0.15) is 18.9 Å². The van der Waals surface area contributed by atoms with E-state index in [1.807, 2.05) is 36.0 Å². The predicted octanol–water partition coefficient (Wildman–Crippen LogP) is 3.41. The van der Waals surface area contributed by atoms with Crippen molar-refractivity contribution in [2.24, 2.45) is 0 Å². The van der Waals surface area contributed by atoms with Gasteiger partial charge in [0.25, 0.3) is 0 Å². The van der Waals surface area contributed by atoms with Gasteiger partial charge in [-0.25, -0.2) is 0 Å². The molecule has 3 rings (SSSR count). The molecule has 126 valence electrons. The fourth-order valence-corrected chi connectivity index (χ4v) is 2.28. The fraction of sp³-hybridized carbons (Fsp3) is 0.312. The number of hydrogen-bond acceptors (Lipinski definition) is 6. The van der Waals surface area contributed by atoms with Crippen molar-refractivity contribution in [2.45, 2.75) is 19.5 Å². The first-order valence-corrected chi connectivity index (χ1v) is 7.92. The summed E-state index contributed by atoms with van der Waals surface area (Å²) >= 11 is 5.89. The van der Waals surface area contributed by atoms with Crippen LogP contribution in [-0.4, -0.2) is 33.6 Å². The van der Waals surface area contributed by atoms with Gasteiger partial charge < -0.3 is 14.6 Å². The molecule has 0 saturated heterocycles. The largest absolute Gasteiger partial charge is 0.383 e. The molecule has 0 saturated carbocycles. The second-order valence-corrected chi connectivity index (χ2v) is 5.72. The summed E-state index contributed by atoms with van der Waals surface area (Å²) in [6.45, 7) is 3.26. The Labute approximate surface area is 144 Å². The van der Waals surface area contributed by atoms with Gasteiger partial charge in [0.2, 0.25) is 11.7 Å². The van der Waals surface area contributed by atoms with Crippen molar-refractivity contribution in [3.8, 4) is 11.4 Å². The van der Waals surface area contributed by atoms with Crippen LogP contribution in [-0.2, 0) is 11.3 Å². The van der Waals surface area contributed by atoms with Crippen LogP contribution in [0.5, 0.6) is 0 Å². The van der Waals surface area contributed by atoms with E-state index in [1.54, 1.807) is 19.2 Å². The van der Waals surface area contributed by atoms with Gasteiger partial charge in [0, 0.05) is 30.0 Å². The number of nitrogens with one attached hydrogen (secondary N) is 1. The maximum absolute atomic E-state index is 5.89. The number of rotatable bonds is 7. The highest BCUT2D eigenvalue weighted by atomic mass is 35.5. The predicted molar refractivity (Wildman–Crippen MR) is 90.9 cm³/mol. The zero-order valence-electron chi connectivity index (χ0n) is 13.4. The second-order valence-electron chi connectivity index (χ2n) is 5.29. The summed E-state index contributed by atoms with van der Waals surface area (Å²) in [4.78, 5) is 4.42. The van der Waals surface area contributed by atoms with Crippen molar-refractivity contribution < 1.29 is 9.26 Å². The number of aromatic nitrogens is 4. The molecule has 0 bridgehead atoms. The molecule has 0 fully saturated rings. The lowest BCUT2D eigenvalue weighted by Crippen LogP contribution is -2.09. The number of benzene rings is 1. The summed E-state index contributed by atoms with van der Waals surface area (Å²) in [7, 11) is 1.67. The van der Waals surface area contributed by atoms with Crippen LogP contribution in [0.25, 0.3) is 11.4 Å². The highest BCUT2D eigenvalue weighted by Gasteiger charge is 2.16. The van der Waals surface area contributed by atoms with Crippen molar-refractivity contribution in [2.75, 3.05) is 19.0 Å². The van der Waals surface area contributed by atoms with Gasteiger partial charge in [0.15, 0.2) is 0 Å². The molecular formula is C16H18ClN5O2. The molecule has 0 spiro atoms. The Balaban J connectivity index is 1.66. The Hall–Kier alpha value is -2.38. The molecule has 0 radical (unpaired) electrons. The van der Waals surface area contributed by atoms with Gasteiger partial charge in [0.1, 0.15) is 11.9 Å². The average Bonchev–Trinajstić information content (AvgIpc) is 3.23. The Morgan fingerprint density at radius 3 is 2.83 bits per heavy atom. The average molecular weight is 348 g/mol. The SMILES string of the molecule is COCCn1ccc(N[C@@H](C)c2nc(-c3ccc(Cl)cc3)no2)n1. The molecule has 1 aromatic carbocycles. The van der Waals surface area contributed by atoms with E-state index in [0.29, 0.717) is 29.9 Å². The molecule has 0 aliphatic carbocycles. The van der Waals surface area contributed by atoms with Crippen LogP contribution in [0.4, 0.5) is 5.82 Å². The van der Waals surface area contributed by atoms with Crippen LogP contribution in [0.15, 0.2) is 41.1 Å². The van der Waals surface area contributed by atoms with E-state index in [9.17, 15) is 0 Å². The van der Waals surface area contributed by atoms with Crippen molar-refractivity contribution in [1.29, 1.82) is 0 Å². The highest BCUT2D eigenvalue weighted by Crippen LogP contribution is 2.22. The number of halogens is 1. The molecule has 3 aromatic rings. The lowest BCUT2D eigenvalue weighted by atomic mass is 10.2. The van der Waals surface area contributed by atoms with E-state index in [1.165, 1.54) is 0 Å². The second kappa shape index (κ2) is 7.46. The van der Waals surface area contributed by atoms with Crippen molar-refractivity contribution >= 4 is 17.4 Å². The monoisotopic (exact) mass is 347 g/mol. The Morgan fingerprint density at radius 1 is 1.29 bits per heavy atom. The summed E-state index contributed by atoms with van der Waals surface area (Å²) in [5.41, 5.74) is 0.852. The van der Waals surface area contributed by atoms with Gasteiger partial charge in [-0.1, -0.05) is 16.8 Å². The molecule has 0 amide bonds. The molecule has 1 atom stereocenters. The zero-order valence-corrected chi connectivity index (χ0v) is 14.2. The van der Waals surface area contributed by atoms with Crippen LogP contribution >= 0.6 is 11.6 Å². The quantitative estimate of drug-likeness (QED) is 0.705. The first-order valence-electron chi connectivity index (χ1n) is 7.54. The minimum absolute atomic E-state index is 0.163. The van der Waals surface area contributed by atoms with Crippen LogP contribution < -0.4 is 5.32 Å². The highest BCUT2D eigenvalue weighted by molar-refractivity contribution is 6.30. The van der Waals surface area contributed by atoms with Gasteiger partial charge in [-0.15, -0.1) is 0 Å². The summed E-state index contributed by atoms with van der Waals surface area (Å²) in [6.07, 6.45) is 1.89. The fourth-order valence-electron chi connectivity index (χ4n) is 2.16. The Bertz CT molecular complexity index is 784. The topological polar surface area (TPSA) is 78.0 Å². The van der Waals surface area contributed by atoms with Crippen molar-refractivity contribution in [3.63, 3.8) is 0 Å². The maximum atomic E-state index is 5.89. The molecule has 0 aliphatic heterocycles. The van der Waals surface area contributed by atoms with Gasteiger partial charge in [-0.05, 0) is 31.2 Å². The van der Waals surface area contributed by atoms with Gasteiger partial charge in [0.05, 0.1) is 13.2 Å². The summed E-state index contributed by atoms with van der Waals surface area (Å²) < 4.78 is 12.2. The molecule has 24 heavy (non-hydrogen) atoms. The smallest absolute Gasteiger partial charge is 0.249 e. The lowest BCUT2D eigenvalue weighted by molar-refractivity contribution is 0.183. The minimum atomic E-state index is -0.163. The molecule has 2 heterocycles. The summed E-state index contributed by atoms with van der Waals surface area (Å²) in [6, 6.07) is 9.02. The van der Waals surface area contributed by atoms with E-state index in [4.69, 9.17) is 20.9 Å². The third-order valence-corrected chi connectivity index (χ3v) is 3.70. The molecule has 1 N–H and O–H groups in total. The van der Waals surface area contributed by atoms with E-state index < -0.39 is 0 Å². The number of anilines is 1.